The number of hydrogen-bond donors (Lipinski definition) is 1. The molecule has 0 fully saturated rings. The highest BCUT2D eigenvalue weighted by Crippen LogP contribution is 2.11. The third-order valence-electron chi connectivity index (χ3n) is 1.12. The molecule has 0 aliphatic rings. The molecule has 0 saturated carbocycles. The summed E-state index contributed by atoms with van der Waals surface area (Å²) < 4.78 is 5.10. The number of aromatic amines is 1. The van der Waals surface area contributed by atoms with E-state index in [9.17, 15) is 0 Å². The highest BCUT2D eigenvalue weighted by Gasteiger charge is 1.99. The summed E-state index contributed by atoms with van der Waals surface area (Å²) >= 11 is 5.70. The maximum absolute atomic E-state index is 5.70. The first kappa shape index (κ1) is 7.57. The van der Waals surface area contributed by atoms with Gasteiger partial charge in [-0.05, 0) is 6.92 Å². The van der Waals surface area contributed by atoms with Crippen molar-refractivity contribution in [2.75, 3.05) is 6.61 Å². The van der Waals surface area contributed by atoms with E-state index in [4.69, 9.17) is 16.3 Å². The molecule has 1 N–H and O–H groups in total. The zero-order valence-electron chi connectivity index (χ0n) is 5.72. The maximum Gasteiger partial charge on any atom is 0.0897 e. The minimum Gasteiger partial charge on any atom is -0.375 e. The second-order valence-corrected chi connectivity index (χ2v) is 2.24. The summed E-state index contributed by atoms with van der Waals surface area (Å²) in [5.41, 5.74) is 0.837. The van der Waals surface area contributed by atoms with Gasteiger partial charge in [-0.1, -0.05) is 11.6 Å². The normalized spacial score (nSPS) is 10.2. The Kier molecular flexibility index (Phi) is 2.71. The lowest BCUT2D eigenvalue weighted by Gasteiger charge is -1.96. The van der Waals surface area contributed by atoms with Gasteiger partial charge in [0.1, 0.15) is 0 Å². The largest absolute Gasteiger partial charge is 0.375 e. The van der Waals surface area contributed by atoms with Crippen LogP contribution < -0.4 is 0 Å². The van der Waals surface area contributed by atoms with Crippen LogP contribution in [0.2, 0.25) is 5.02 Å². The lowest BCUT2D eigenvalue weighted by Crippen LogP contribution is -1.92. The fraction of sp³-hybridized carbons (Fsp3) is 0.500. The van der Waals surface area contributed by atoms with Crippen LogP contribution in [0.4, 0.5) is 0 Å². The van der Waals surface area contributed by atoms with Crippen molar-refractivity contribution in [3.8, 4) is 0 Å². The SMILES string of the molecule is CCOCc1[nH]ncc1Cl. The third-order valence-corrected chi connectivity index (χ3v) is 1.44. The average molecular weight is 161 g/mol. The smallest absolute Gasteiger partial charge is 0.0897 e. The van der Waals surface area contributed by atoms with Crippen LogP contribution in [0.1, 0.15) is 12.6 Å². The van der Waals surface area contributed by atoms with E-state index in [-0.39, 0.29) is 0 Å². The number of aromatic nitrogens is 2. The number of H-pyrrole nitrogens is 1. The molecule has 1 aromatic rings. The Morgan fingerprint density at radius 2 is 2.60 bits per heavy atom. The van der Waals surface area contributed by atoms with E-state index in [1.54, 1.807) is 6.20 Å². The summed E-state index contributed by atoms with van der Waals surface area (Å²) in [6, 6.07) is 0. The monoisotopic (exact) mass is 160 g/mol. The van der Waals surface area contributed by atoms with Crippen molar-refractivity contribution in [2.45, 2.75) is 13.5 Å². The highest BCUT2D eigenvalue weighted by molar-refractivity contribution is 6.31. The van der Waals surface area contributed by atoms with Crippen LogP contribution in [-0.4, -0.2) is 16.8 Å². The number of nitrogens with zero attached hydrogens (tertiary/aromatic N) is 1. The molecular formula is C6H9ClN2O. The van der Waals surface area contributed by atoms with Crippen molar-refractivity contribution in [2.24, 2.45) is 0 Å². The summed E-state index contributed by atoms with van der Waals surface area (Å²) in [4.78, 5) is 0. The van der Waals surface area contributed by atoms with Crippen LogP contribution in [-0.2, 0) is 11.3 Å². The van der Waals surface area contributed by atoms with Crippen molar-refractivity contribution in [3.05, 3.63) is 16.9 Å². The molecule has 0 aliphatic carbocycles. The van der Waals surface area contributed by atoms with Crippen LogP contribution in [0.5, 0.6) is 0 Å². The Morgan fingerprint density at radius 3 is 3.10 bits per heavy atom. The topological polar surface area (TPSA) is 37.9 Å². The lowest BCUT2D eigenvalue weighted by molar-refractivity contribution is 0.131. The molecule has 0 spiro atoms. The van der Waals surface area contributed by atoms with E-state index >= 15 is 0 Å². The molecule has 3 nitrogen and oxygen atoms in total. The Labute approximate surface area is 64.3 Å². The summed E-state index contributed by atoms with van der Waals surface area (Å²) in [6.45, 7) is 3.13. The van der Waals surface area contributed by atoms with Crippen LogP contribution in [0.25, 0.3) is 0 Å². The number of halogens is 1. The molecule has 0 bridgehead atoms. The number of nitrogens with one attached hydrogen (secondary N) is 1. The van der Waals surface area contributed by atoms with Crippen molar-refractivity contribution >= 4 is 11.6 Å². The lowest BCUT2D eigenvalue weighted by atomic mass is 10.5. The second-order valence-electron chi connectivity index (χ2n) is 1.83. The molecule has 10 heavy (non-hydrogen) atoms. The quantitative estimate of drug-likeness (QED) is 0.730. The molecule has 56 valence electrons. The number of rotatable bonds is 3. The molecule has 0 amide bonds. The fourth-order valence-corrected chi connectivity index (χ4v) is 0.749. The summed E-state index contributed by atoms with van der Waals surface area (Å²) in [6.07, 6.45) is 1.57. The van der Waals surface area contributed by atoms with E-state index in [1.165, 1.54) is 0 Å². The van der Waals surface area contributed by atoms with Gasteiger partial charge in [-0.3, -0.25) is 5.10 Å². The highest BCUT2D eigenvalue weighted by atomic mass is 35.5. The molecule has 0 radical (unpaired) electrons. The molecule has 4 heteroatoms. The van der Waals surface area contributed by atoms with E-state index < -0.39 is 0 Å². The van der Waals surface area contributed by atoms with Crippen LogP contribution in [0.3, 0.4) is 0 Å². The predicted molar refractivity (Wildman–Crippen MR) is 38.9 cm³/mol. The van der Waals surface area contributed by atoms with Gasteiger partial charge in [-0.25, -0.2) is 0 Å². The predicted octanol–water partition coefficient (Wildman–Crippen LogP) is 1.60. The Balaban J connectivity index is 2.49. The molecule has 0 aromatic carbocycles. The van der Waals surface area contributed by atoms with E-state index in [2.05, 4.69) is 10.2 Å². The standard InChI is InChI=1S/C6H9ClN2O/c1-2-10-4-6-5(7)3-8-9-6/h3H,2,4H2,1H3,(H,8,9). The van der Waals surface area contributed by atoms with Crippen molar-refractivity contribution in [1.29, 1.82) is 0 Å². The van der Waals surface area contributed by atoms with Crippen LogP contribution in [0, 0.1) is 0 Å². The van der Waals surface area contributed by atoms with Gasteiger partial charge >= 0.3 is 0 Å². The molecule has 0 unspecified atom stereocenters. The second kappa shape index (κ2) is 3.58. The van der Waals surface area contributed by atoms with E-state index in [0.717, 1.165) is 5.69 Å². The Hall–Kier alpha value is -0.540. The average Bonchev–Trinajstić information content (AvgIpc) is 2.31. The molecule has 1 rings (SSSR count). The zero-order valence-corrected chi connectivity index (χ0v) is 6.48. The first-order valence-corrected chi connectivity index (χ1v) is 3.48. The van der Waals surface area contributed by atoms with Crippen LogP contribution in [0.15, 0.2) is 6.20 Å². The van der Waals surface area contributed by atoms with Crippen LogP contribution >= 0.6 is 11.6 Å². The van der Waals surface area contributed by atoms with E-state index in [1.807, 2.05) is 6.92 Å². The third kappa shape index (κ3) is 1.72. The molecule has 1 aromatic heterocycles. The number of ether oxygens (including phenoxy) is 1. The van der Waals surface area contributed by atoms with E-state index in [0.29, 0.717) is 18.2 Å². The Morgan fingerprint density at radius 1 is 1.80 bits per heavy atom. The van der Waals surface area contributed by atoms with Gasteiger partial charge in [-0.15, -0.1) is 0 Å². The number of hydrogen-bond acceptors (Lipinski definition) is 2. The van der Waals surface area contributed by atoms with Crippen molar-refractivity contribution < 1.29 is 4.74 Å². The first-order valence-electron chi connectivity index (χ1n) is 3.10. The first-order chi connectivity index (χ1) is 4.84. The Bertz CT molecular complexity index is 199. The zero-order chi connectivity index (χ0) is 7.40. The minimum atomic E-state index is 0.509. The molecular weight excluding hydrogens is 152 g/mol. The fourth-order valence-electron chi connectivity index (χ4n) is 0.604. The van der Waals surface area contributed by atoms with Gasteiger partial charge < -0.3 is 4.74 Å². The molecule has 0 aliphatic heterocycles. The summed E-state index contributed by atoms with van der Waals surface area (Å²) in [5, 5.41) is 7.10. The minimum absolute atomic E-state index is 0.509. The molecule has 0 atom stereocenters. The van der Waals surface area contributed by atoms with Crippen molar-refractivity contribution in [1.82, 2.24) is 10.2 Å². The summed E-state index contributed by atoms with van der Waals surface area (Å²) in [7, 11) is 0. The van der Waals surface area contributed by atoms with Gasteiger partial charge in [0.2, 0.25) is 0 Å². The van der Waals surface area contributed by atoms with Crippen molar-refractivity contribution in [3.63, 3.8) is 0 Å². The van der Waals surface area contributed by atoms with Gasteiger partial charge in [0.15, 0.2) is 0 Å². The molecule has 1 heterocycles. The van der Waals surface area contributed by atoms with Gasteiger partial charge in [0.25, 0.3) is 0 Å². The molecule has 0 saturated heterocycles. The van der Waals surface area contributed by atoms with Gasteiger partial charge in [0.05, 0.1) is 23.5 Å². The van der Waals surface area contributed by atoms with Gasteiger partial charge in [-0.2, -0.15) is 5.10 Å². The maximum atomic E-state index is 5.70. The summed E-state index contributed by atoms with van der Waals surface area (Å²) in [5.74, 6) is 0. The van der Waals surface area contributed by atoms with Gasteiger partial charge in [0, 0.05) is 6.61 Å².